The molecule has 1 saturated heterocycles. The van der Waals surface area contributed by atoms with Crippen LogP contribution in [0.4, 0.5) is 21.7 Å². The minimum Gasteiger partial charge on any atom is -0.384 e. The highest BCUT2D eigenvalue weighted by Crippen LogP contribution is 2.36. The minimum absolute atomic E-state index is 0.182. The van der Waals surface area contributed by atoms with Crippen molar-refractivity contribution in [3.63, 3.8) is 0 Å². The number of halogens is 2. The monoisotopic (exact) mass is 417 g/mol. The number of nitrogens with one attached hydrogen (secondary N) is 1. The first-order valence-corrected chi connectivity index (χ1v) is 10.4. The number of nitrogen functional groups attached to an aromatic ring is 1. The number of aromatic nitrogens is 2. The highest BCUT2D eigenvalue weighted by atomic mass is 35.5. The molecule has 8 heteroatoms. The molecule has 2 heterocycles. The maximum atomic E-state index is 13.7. The maximum absolute atomic E-state index is 13.7. The molecule has 2 aliphatic rings. The van der Waals surface area contributed by atoms with Gasteiger partial charge in [-0.3, -0.25) is 4.79 Å². The predicted molar refractivity (Wildman–Crippen MR) is 113 cm³/mol. The van der Waals surface area contributed by atoms with E-state index >= 15 is 0 Å². The Bertz CT molecular complexity index is 871. The summed E-state index contributed by atoms with van der Waals surface area (Å²) in [5.74, 6) is 1.59. The SMILES string of the molecule is Nc1cc(N2CCC[C@@H](CC(=O)[C@H](Nc3cc(F)cc(Cl)c3)C3CC3)C2)ncn1. The van der Waals surface area contributed by atoms with Crippen molar-refractivity contribution in [2.75, 3.05) is 29.0 Å². The molecule has 0 radical (unpaired) electrons. The van der Waals surface area contributed by atoms with Gasteiger partial charge in [0, 0.05) is 36.3 Å². The second-order valence-corrected chi connectivity index (χ2v) is 8.48. The molecule has 6 nitrogen and oxygen atoms in total. The number of piperidine rings is 1. The smallest absolute Gasteiger partial charge is 0.155 e. The zero-order valence-electron chi connectivity index (χ0n) is 16.2. The van der Waals surface area contributed by atoms with E-state index in [-0.39, 0.29) is 17.7 Å². The minimum atomic E-state index is -0.408. The van der Waals surface area contributed by atoms with Crippen LogP contribution in [0, 0.1) is 17.7 Å². The fourth-order valence-corrected chi connectivity index (χ4v) is 4.31. The second-order valence-electron chi connectivity index (χ2n) is 8.04. The molecule has 29 heavy (non-hydrogen) atoms. The summed E-state index contributed by atoms with van der Waals surface area (Å²) in [7, 11) is 0. The van der Waals surface area contributed by atoms with E-state index in [9.17, 15) is 9.18 Å². The Kier molecular flexibility index (Phi) is 5.85. The van der Waals surface area contributed by atoms with Crippen LogP contribution in [0.25, 0.3) is 0 Å². The summed E-state index contributed by atoms with van der Waals surface area (Å²) in [6, 6.07) is 5.78. The summed E-state index contributed by atoms with van der Waals surface area (Å²) in [5, 5.41) is 3.56. The van der Waals surface area contributed by atoms with Crippen LogP contribution in [0.3, 0.4) is 0 Å². The molecule has 0 amide bonds. The van der Waals surface area contributed by atoms with Gasteiger partial charge in [-0.1, -0.05) is 11.6 Å². The van der Waals surface area contributed by atoms with Crippen molar-refractivity contribution >= 4 is 34.7 Å². The van der Waals surface area contributed by atoms with E-state index in [4.69, 9.17) is 17.3 Å². The highest BCUT2D eigenvalue weighted by molar-refractivity contribution is 6.30. The topological polar surface area (TPSA) is 84.1 Å². The molecule has 3 N–H and O–H groups in total. The van der Waals surface area contributed by atoms with E-state index in [0.717, 1.165) is 44.6 Å². The van der Waals surface area contributed by atoms with Crippen molar-refractivity contribution in [1.82, 2.24) is 9.97 Å². The number of anilines is 3. The first-order chi connectivity index (χ1) is 14.0. The van der Waals surface area contributed by atoms with Crippen LogP contribution < -0.4 is 16.0 Å². The fourth-order valence-electron chi connectivity index (χ4n) is 4.09. The van der Waals surface area contributed by atoms with Crippen LogP contribution in [-0.4, -0.2) is 34.9 Å². The van der Waals surface area contributed by atoms with E-state index in [1.807, 2.05) is 0 Å². The van der Waals surface area contributed by atoms with E-state index in [1.54, 1.807) is 12.1 Å². The molecule has 1 aromatic heterocycles. The van der Waals surface area contributed by atoms with Crippen molar-refractivity contribution in [1.29, 1.82) is 0 Å². The van der Waals surface area contributed by atoms with Crippen molar-refractivity contribution in [3.05, 3.63) is 41.4 Å². The number of nitrogens with zero attached hydrogens (tertiary/aromatic N) is 3. The van der Waals surface area contributed by atoms with E-state index in [1.165, 1.54) is 18.5 Å². The molecule has 4 rings (SSSR count). The van der Waals surface area contributed by atoms with Gasteiger partial charge in [-0.05, 0) is 55.7 Å². The van der Waals surface area contributed by atoms with Crippen LogP contribution >= 0.6 is 11.6 Å². The molecular weight excluding hydrogens is 393 g/mol. The standard InChI is InChI=1S/C21H25ClFN5O/c22-15-7-16(23)9-17(8-15)27-21(14-3-4-14)18(29)6-13-2-1-5-28(11-13)20-10-19(24)25-12-26-20/h7-10,12-14,21,27H,1-6,11H2,(H2,24,25,26)/t13-,21+/m0/s1. The molecule has 1 aromatic carbocycles. The Labute approximate surface area is 174 Å². The quantitative estimate of drug-likeness (QED) is 0.710. The summed E-state index contributed by atoms with van der Waals surface area (Å²) >= 11 is 5.96. The number of carbonyl (C=O) groups is 1. The summed E-state index contributed by atoms with van der Waals surface area (Å²) in [6.07, 6.45) is 6.01. The average molecular weight is 418 g/mol. The Hall–Kier alpha value is -2.41. The summed E-state index contributed by atoms with van der Waals surface area (Å²) in [6.45, 7) is 1.67. The summed E-state index contributed by atoms with van der Waals surface area (Å²) < 4.78 is 13.7. The largest absolute Gasteiger partial charge is 0.384 e. The summed E-state index contributed by atoms with van der Waals surface area (Å²) in [5.41, 5.74) is 6.34. The number of Topliss-reactive ketones (excluding diaryl/α,β-unsaturated/α-hetero) is 1. The fraction of sp³-hybridized carbons (Fsp3) is 0.476. The molecule has 1 aliphatic heterocycles. The molecule has 2 aromatic rings. The molecule has 2 fully saturated rings. The van der Waals surface area contributed by atoms with E-state index in [0.29, 0.717) is 28.9 Å². The lowest BCUT2D eigenvalue weighted by molar-refractivity contribution is -0.121. The van der Waals surface area contributed by atoms with E-state index in [2.05, 4.69) is 20.2 Å². The van der Waals surface area contributed by atoms with Gasteiger partial charge in [0.25, 0.3) is 0 Å². The van der Waals surface area contributed by atoms with Crippen molar-refractivity contribution < 1.29 is 9.18 Å². The molecule has 1 saturated carbocycles. The molecule has 154 valence electrons. The average Bonchev–Trinajstić information content (AvgIpc) is 3.50. The van der Waals surface area contributed by atoms with Crippen molar-refractivity contribution in [2.45, 2.75) is 38.1 Å². The summed E-state index contributed by atoms with van der Waals surface area (Å²) in [4.78, 5) is 23.5. The number of ketones is 1. The van der Waals surface area contributed by atoms with Crippen LogP contribution in [-0.2, 0) is 4.79 Å². The lowest BCUT2D eigenvalue weighted by Crippen LogP contribution is -2.39. The Morgan fingerprint density at radius 3 is 2.83 bits per heavy atom. The lowest BCUT2D eigenvalue weighted by atomic mass is 9.89. The van der Waals surface area contributed by atoms with Gasteiger partial charge >= 0.3 is 0 Å². The number of carbonyl (C=O) groups excluding carboxylic acids is 1. The number of rotatable bonds is 7. The van der Waals surface area contributed by atoms with Crippen LogP contribution in [0.2, 0.25) is 5.02 Å². The zero-order valence-corrected chi connectivity index (χ0v) is 16.9. The van der Waals surface area contributed by atoms with Crippen LogP contribution in [0.15, 0.2) is 30.6 Å². The van der Waals surface area contributed by atoms with Crippen molar-refractivity contribution in [2.24, 2.45) is 11.8 Å². The third-order valence-electron chi connectivity index (χ3n) is 5.63. The third-order valence-corrected chi connectivity index (χ3v) is 5.85. The van der Waals surface area contributed by atoms with Gasteiger partial charge in [0.2, 0.25) is 0 Å². The second kappa shape index (κ2) is 8.53. The molecular formula is C21H25ClFN5O. The predicted octanol–water partition coefficient (Wildman–Crippen LogP) is 3.92. The first kappa shape index (κ1) is 19.9. The molecule has 0 bridgehead atoms. The van der Waals surface area contributed by atoms with Gasteiger partial charge in [-0.2, -0.15) is 0 Å². The molecule has 2 atom stereocenters. The van der Waals surface area contributed by atoms with Gasteiger partial charge in [-0.25, -0.2) is 14.4 Å². The molecule has 0 unspecified atom stereocenters. The van der Waals surface area contributed by atoms with Gasteiger partial charge in [0.05, 0.1) is 6.04 Å². The lowest BCUT2D eigenvalue weighted by Gasteiger charge is -2.34. The number of hydrogen-bond acceptors (Lipinski definition) is 6. The van der Waals surface area contributed by atoms with Gasteiger partial charge in [0.15, 0.2) is 5.78 Å². The highest BCUT2D eigenvalue weighted by Gasteiger charge is 2.37. The maximum Gasteiger partial charge on any atom is 0.155 e. The van der Waals surface area contributed by atoms with E-state index < -0.39 is 5.82 Å². The van der Waals surface area contributed by atoms with Gasteiger partial charge in [0.1, 0.15) is 23.8 Å². The Balaban J connectivity index is 1.41. The number of benzene rings is 1. The van der Waals surface area contributed by atoms with Crippen LogP contribution in [0.5, 0.6) is 0 Å². The Morgan fingerprint density at radius 1 is 1.28 bits per heavy atom. The third kappa shape index (κ3) is 5.15. The number of hydrogen-bond donors (Lipinski definition) is 2. The number of nitrogens with two attached hydrogens (primary N) is 1. The zero-order chi connectivity index (χ0) is 20.4. The molecule has 1 aliphatic carbocycles. The Morgan fingerprint density at radius 2 is 2.10 bits per heavy atom. The van der Waals surface area contributed by atoms with Gasteiger partial charge < -0.3 is 16.0 Å². The normalized spacial score (nSPS) is 20.3. The first-order valence-electron chi connectivity index (χ1n) is 10.1. The molecule has 0 spiro atoms. The van der Waals surface area contributed by atoms with Gasteiger partial charge in [-0.15, -0.1) is 0 Å². The van der Waals surface area contributed by atoms with Crippen molar-refractivity contribution in [3.8, 4) is 0 Å². The van der Waals surface area contributed by atoms with Crippen LogP contribution in [0.1, 0.15) is 32.1 Å².